The third kappa shape index (κ3) is 6.55. The van der Waals surface area contributed by atoms with Gasteiger partial charge in [0.15, 0.2) is 0 Å². The van der Waals surface area contributed by atoms with Gasteiger partial charge >= 0.3 is 0 Å². The van der Waals surface area contributed by atoms with Crippen LogP contribution in [0.5, 0.6) is 5.75 Å². The Morgan fingerprint density at radius 2 is 0.800 bits per heavy atom. The van der Waals surface area contributed by atoms with Crippen LogP contribution in [0.15, 0.2) is 144 Å². The van der Waals surface area contributed by atoms with Gasteiger partial charge in [0, 0.05) is 31.2 Å². The highest BCUT2D eigenvalue weighted by atomic mass is 16.3. The zero-order valence-corrected chi connectivity index (χ0v) is 22.5. The van der Waals surface area contributed by atoms with Gasteiger partial charge < -0.3 is 10.0 Å². The van der Waals surface area contributed by atoms with E-state index in [0.29, 0.717) is 0 Å². The van der Waals surface area contributed by atoms with Crippen molar-refractivity contribution in [2.75, 3.05) is 29.0 Å². The summed E-state index contributed by atoms with van der Waals surface area (Å²) in [5, 5.41) is 22.7. The topological polar surface area (TPSA) is 54.7 Å². The Balaban J connectivity index is 1.37. The molecule has 0 unspecified atom stereocenters. The molecule has 0 aromatic heterocycles. The van der Waals surface area contributed by atoms with Crippen LogP contribution in [0, 0.1) is 0 Å². The Hall–Kier alpha value is -5.36. The zero-order valence-electron chi connectivity index (χ0n) is 22.5. The number of para-hydroxylation sites is 2. The quantitative estimate of drug-likeness (QED) is 0.158. The van der Waals surface area contributed by atoms with Crippen molar-refractivity contribution < 1.29 is 5.11 Å². The van der Waals surface area contributed by atoms with E-state index < -0.39 is 0 Å². The van der Waals surface area contributed by atoms with Gasteiger partial charge in [-0.1, -0.05) is 60.7 Å². The van der Waals surface area contributed by atoms with Crippen molar-refractivity contribution in [1.29, 1.82) is 0 Å². The highest BCUT2D eigenvalue weighted by Crippen LogP contribution is 2.35. The minimum absolute atomic E-state index is 0.229. The Morgan fingerprint density at radius 3 is 1.18 bits per heavy atom. The number of anilines is 5. The summed E-state index contributed by atoms with van der Waals surface area (Å²) in [7, 11) is 3.86. The third-order valence-electron chi connectivity index (χ3n) is 6.43. The second-order valence-corrected chi connectivity index (χ2v) is 9.24. The van der Waals surface area contributed by atoms with Crippen LogP contribution in [0.2, 0.25) is 0 Å². The fourth-order valence-electron chi connectivity index (χ4n) is 4.20. The molecule has 0 bridgehead atoms. The maximum Gasteiger partial charge on any atom is 0.115 e. The molecule has 0 fully saturated rings. The molecule has 0 saturated carbocycles. The van der Waals surface area contributed by atoms with Crippen LogP contribution in [0.3, 0.4) is 0 Å². The lowest BCUT2D eigenvalue weighted by Crippen LogP contribution is -2.10. The summed E-state index contributed by atoms with van der Waals surface area (Å²) < 4.78 is 0. The minimum atomic E-state index is 0.229. The van der Waals surface area contributed by atoms with Gasteiger partial charge in [-0.3, -0.25) is 10.0 Å². The number of phenols is 1. The first-order valence-electron chi connectivity index (χ1n) is 13.0. The van der Waals surface area contributed by atoms with E-state index in [1.54, 1.807) is 12.1 Å². The van der Waals surface area contributed by atoms with Gasteiger partial charge in [0.05, 0.1) is 23.8 Å². The first-order valence-corrected chi connectivity index (χ1v) is 13.0. The molecule has 0 saturated heterocycles. The molecule has 5 aromatic rings. The minimum Gasteiger partial charge on any atom is -0.508 e. The fourth-order valence-corrected chi connectivity index (χ4v) is 4.20. The molecule has 0 spiro atoms. The Kier molecular flexibility index (Phi) is 8.18. The first kappa shape index (κ1) is 26.3. The summed E-state index contributed by atoms with van der Waals surface area (Å²) in [6.45, 7) is 0. The van der Waals surface area contributed by atoms with Crippen LogP contribution in [0.4, 0.5) is 28.4 Å². The molecule has 0 atom stereocenters. The Labute approximate surface area is 235 Å². The van der Waals surface area contributed by atoms with Crippen molar-refractivity contribution in [1.82, 2.24) is 0 Å². The summed E-state index contributed by atoms with van der Waals surface area (Å²) in [4.78, 5) is 2.15. The molecule has 0 aliphatic carbocycles. The van der Waals surface area contributed by atoms with Crippen LogP contribution < -0.4 is 14.9 Å². The largest absolute Gasteiger partial charge is 0.508 e. The highest BCUT2D eigenvalue weighted by Gasteiger charge is 2.12. The van der Waals surface area contributed by atoms with E-state index in [0.717, 1.165) is 39.6 Å². The van der Waals surface area contributed by atoms with Crippen molar-refractivity contribution in [2.24, 2.45) is 10.2 Å². The lowest BCUT2D eigenvalue weighted by Gasteiger charge is -2.25. The fraction of sp³-hybridized carbons (Fsp3) is 0.0588. The molecule has 0 heterocycles. The number of hydrogen-bond acceptors (Lipinski definition) is 6. The van der Waals surface area contributed by atoms with Crippen molar-refractivity contribution in [3.63, 3.8) is 0 Å². The zero-order chi connectivity index (χ0) is 27.7. The van der Waals surface area contributed by atoms with E-state index in [2.05, 4.69) is 39.4 Å². The number of phenolic OH excluding ortho intramolecular Hbond substituents is 1. The Bertz CT molecular complexity index is 1450. The molecule has 40 heavy (non-hydrogen) atoms. The van der Waals surface area contributed by atoms with Crippen LogP contribution >= 0.6 is 0 Å². The summed E-state index contributed by atoms with van der Waals surface area (Å²) in [6.07, 6.45) is 3.70. The average molecular weight is 526 g/mol. The maximum atomic E-state index is 9.87. The molecular weight excluding hydrogens is 494 g/mol. The second kappa shape index (κ2) is 12.5. The molecule has 1 N–H and O–H groups in total. The number of hydrazone groups is 2. The summed E-state index contributed by atoms with van der Waals surface area (Å²) in [5.74, 6) is 0.229. The van der Waals surface area contributed by atoms with Gasteiger partial charge in [-0.05, 0) is 83.9 Å². The van der Waals surface area contributed by atoms with E-state index in [4.69, 9.17) is 0 Å². The molecule has 198 valence electrons. The van der Waals surface area contributed by atoms with Crippen LogP contribution in [-0.4, -0.2) is 31.6 Å². The highest BCUT2D eigenvalue weighted by molar-refractivity contribution is 5.85. The molecule has 0 radical (unpaired) electrons. The molecule has 0 amide bonds. The van der Waals surface area contributed by atoms with E-state index in [-0.39, 0.29) is 5.75 Å². The van der Waals surface area contributed by atoms with Gasteiger partial charge in [0.2, 0.25) is 0 Å². The van der Waals surface area contributed by atoms with Crippen molar-refractivity contribution in [3.05, 3.63) is 145 Å². The lowest BCUT2D eigenvalue weighted by atomic mass is 10.1. The van der Waals surface area contributed by atoms with E-state index >= 15 is 0 Å². The molecular formula is C34H31N5O. The van der Waals surface area contributed by atoms with Gasteiger partial charge in [-0.15, -0.1) is 0 Å². The third-order valence-corrected chi connectivity index (χ3v) is 6.43. The van der Waals surface area contributed by atoms with E-state index in [1.165, 1.54) is 0 Å². The predicted octanol–water partition coefficient (Wildman–Crippen LogP) is 7.80. The van der Waals surface area contributed by atoms with E-state index in [1.807, 2.05) is 134 Å². The van der Waals surface area contributed by atoms with Gasteiger partial charge in [-0.2, -0.15) is 10.2 Å². The number of benzene rings is 5. The van der Waals surface area contributed by atoms with Crippen LogP contribution in [0.25, 0.3) is 0 Å². The van der Waals surface area contributed by atoms with Crippen molar-refractivity contribution in [2.45, 2.75) is 0 Å². The summed E-state index contributed by atoms with van der Waals surface area (Å²) in [6, 6.07) is 43.7. The smallest absolute Gasteiger partial charge is 0.115 e. The molecule has 5 aromatic carbocycles. The van der Waals surface area contributed by atoms with Gasteiger partial charge in [0.25, 0.3) is 0 Å². The molecule has 6 heteroatoms. The molecule has 0 aliphatic heterocycles. The number of nitrogens with zero attached hydrogens (tertiary/aromatic N) is 5. The predicted molar refractivity (Wildman–Crippen MR) is 168 cm³/mol. The van der Waals surface area contributed by atoms with Gasteiger partial charge in [-0.25, -0.2) is 0 Å². The standard InChI is InChI=1S/C34H31N5O/c1-37(29-9-5-3-6-10-29)35-25-27-13-17-31(18-14-27)39(33-21-23-34(40)24-22-33)32-19-15-28(16-20-32)26-36-38(2)30-11-7-4-8-12-30/h3-26,40H,1-2H3/b35-25+,36-26+. The molecule has 6 nitrogen and oxygen atoms in total. The maximum absolute atomic E-state index is 9.87. The van der Waals surface area contributed by atoms with Gasteiger partial charge in [0.1, 0.15) is 5.75 Å². The summed E-state index contributed by atoms with van der Waals surface area (Å²) >= 11 is 0. The average Bonchev–Trinajstić information content (AvgIpc) is 3.02. The normalized spacial score (nSPS) is 11.2. The van der Waals surface area contributed by atoms with E-state index in [9.17, 15) is 5.11 Å². The van der Waals surface area contributed by atoms with Crippen molar-refractivity contribution >= 4 is 40.9 Å². The molecule has 5 rings (SSSR count). The van der Waals surface area contributed by atoms with Crippen LogP contribution in [0.1, 0.15) is 11.1 Å². The SMILES string of the molecule is CN(/N=C/c1ccc(N(c2ccc(O)cc2)c2ccc(/C=N/N(C)c3ccccc3)cc2)cc1)c1ccccc1. The summed E-state index contributed by atoms with van der Waals surface area (Å²) in [5.41, 5.74) is 6.95. The number of hydrogen-bond donors (Lipinski definition) is 1. The molecule has 0 aliphatic rings. The van der Waals surface area contributed by atoms with Crippen molar-refractivity contribution in [3.8, 4) is 5.75 Å². The second-order valence-electron chi connectivity index (χ2n) is 9.24. The number of rotatable bonds is 9. The monoisotopic (exact) mass is 525 g/mol. The Morgan fingerprint density at radius 1 is 0.450 bits per heavy atom. The number of aromatic hydroxyl groups is 1. The first-order chi connectivity index (χ1) is 19.6. The lowest BCUT2D eigenvalue weighted by molar-refractivity contribution is 0.475. The van der Waals surface area contributed by atoms with Crippen LogP contribution in [-0.2, 0) is 0 Å².